The van der Waals surface area contributed by atoms with Crippen LogP contribution in [0.5, 0.6) is 0 Å². The van der Waals surface area contributed by atoms with Crippen LogP contribution in [-0.2, 0) is 14.2 Å². The number of hydrogen-bond donors (Lipinski definition) is 0. The molecule has 0 amide bonds. The number of rotatable bonds is 11. The zero-order valence-corrected chi connectivity index (χ0v) is 8.60. The van der Waals surface area contributed by atoms with Gasteiger partial charge in [-0.15, -0.1) is 0 Å². The van der Waals surface area contributed by atoms with Crippen LogP contribution >= 0.6 is 0 Å². The van der Waals surface area contributed by atoms with E-state index in [0.29, 0.717) is 39.6 Å². The summed E-state index contributed by atoms with van der Waals surface area (Å²) in [5.74, 6) is 0. The molecule has 0 heterocycles. The molecule has 7 heteroatoms. The monoisotopic (exact) mass is 221 g/mol. The second-order valence-corrected chi connectivity index (χ2v) is 2.48. The van der Waals surface area contributed by atoms with Crippen LogP contribution in [0.15, 0.2) is 5.11 Å². The maximum atomic E-state index is 11.6. The predicted molar refractivity (Wildman–Crippen MR) is 52.4 cm³/mol. The first-order valence-corrected chi connectivity index (χ1v) is 4.72. The van der Waals surface area contributed by atoms with Gasteiger partial charge in [0.25, 0.3) is 0 Å². The third-order valence-electron chi connectivity index (χ3n) is 1.36. The fraction of sp³-hybridized carbons (Fsp3) is 1.00. The van der Waals surface area contributed by atoms with Crippen LogP contribution in [0.3, 0.4) is 0 Å². The summed E-state index contributed by atoms with van der Waals surface area (Å²) in [6, 6.07) is 0. The van der Waals surface area contributed by atoms with Crippen molar-refractivity contribution in [3.05, 3.63) is 10.4 Å². The van der Waals surface area contributed by atoms with Crippen molar-refractivity contribution in [2.24, 2.45) is 5.11 Å². The Morgan fingerprint density at radius 2 is 1.47 bits per heavy atom. The Hall–Kier alpha value is -0.880. The third-order valence-corrected chi connectivity index (χ3v) is 1.36. The van der Waals surface area contributed by atoms with E-state index in [2.05, 4.69) is 10.0 Å². The molecule has 0 aliphatic heterocycles. The molecular formula is C8H16FN3O3. The van der Waals surface area contributed by atoms with Crippen molar-refractivity contribution in [1.29, 1.82) is 0 Å². The molecule has 88 valence electrons. The fourth-order valence-corrected chi connectivity index (χ4v) is 0.747. The van der Waals surface area contributed by atoms with Crippen molar-refractivity contribution in [1.82, 2.24) is 0 Å². The summed E-state index contributed by atoms with van der Waals surface area (Å²) in [5.41, 5.74) is 7.95. The Balaban J connectivity index is 2.89. The van der Waals surface area contributed by atoms with E-state index in [1.165, 1.54) is 0 Å². The molecule has 0 aliphatic carbocycles. The number of halogens is 1. The van der Waals surface area contributed by atoms with Gasteiger partial charge in [-0.25, -0.2) is 4.39 Å². The Labute approximate surface area is 87.9 Å². The van der Waals surface area contributed by atoms with Gasteiger partial charge in [0, 0.05) is 11.5 Å². The van der Waals surface area contributed by atoms with Crippen molar-refractivity contribution in [3.8, 4) is 0 Å². The van der Waals surface area contributed by atoms with E-state index < -0.39 is 6.67 Å². The van der Waals surface area contributed by atoms with Gasteiger partial charge in [-0.3, -0.25) is 0 Å². The smallest absolute Gasteiger partial charge is 0.113 e. The molecule has 0 unspecified atom stereocenters. The lowest BCUT2D eigenvalue weighted by molar-refractivity contribution is 0.0137. The summed E-state index contributed by atoms with van der Waals surface area (Å²) in [6.45, 7) is 2.10. The van der Waals surface area contributed by atoms with Gasteiger partial charge in [-0.1, -0.05) is 5.11 Å². The molecule has 6 nitrogen and oxygen atoms in total. The molecule has 0 N–H and O–H groups in total. The quantitative estimate of drug-likeness (QED) is 0.228. The van der Waals surface area contributed by atoms with Gasteiger partial charge in [0.2, 0.25) is 0 Å². The lowest BCUT2D eigenvalue weighted by Crippen LogP contribution is -2.11. The average molecular weight is 221 g/mol. The van der Waals surface area contributed by atoms with Crippen LogP contribution in [0.25, 0.3) is 10.4 Å². The van der Waals surface area contributed by atoms with Crippen molar-refractivity contribution in [3.63, 3.8) is 0 Å². The van der Waals surface area contributed by atoms with Gasteiger partial charge in [0.05, 0.1) is 39.6 Å². The average Bonchev–Trinajstić information content (AvgIpc) is 2.26. The summed E-state index contributed by atoms with van der Waals surface area (Å²) in [5, 5.41) is 3.30. The maximum absolute atomic E-state index is 11.6. The SMILES string of the molecule is [N-]=[N+]=NCCOCCOCCOCCF. The molecule has 0 bridgehead atoms. The highest BCUT2D eigenvalue weighted by atomic mass is 19.1. The molecule has 0 aromatic carbocycles. The Kier molecular flexibility index (Phi) is 12.4. The summed E-state index contributed by atoms with van der Waals surface area (Å²) in [6.07, 6.45) is 0. The van der Waals surface area contributed by atoms with E-state index >= 15 is 0 Å². The second-order valence-electron chi connectivity index (χ2n) is 2.48. The summed E-state index contributed by atoms with van der Waals surface area (Å²) >= 11 is 0. The highest BCUT2D eigenvalue weighted by molar-refractivity contribution is 4.44. The Morgan fingerprint density at radius 1 is 0.933 bits per heavy atom. The minimum Gasteiger partial charge on any atom is -0.379 e. The molecule has 15 heavy (non-hydrogen) atoms. The van der Waals surface area contributed by atoms with Crippen LogP contribution in [0.4, 0.5) is 4.39 Å². The largest absolute Gasteiger partial charge is 0.379 e. The molecule has 0 rings (SSSR count). The molecule has 0 saturated carbocycles. The standard InChI is InChI=1S/C8H16FN3O3/c9-1-3-13-5-7-15-8-6-14-4-2-11-12-10/h1-8H2. The van der Waals surface area contributed by atoms with Crippen LogP contribution in [0.2, 0.25) is 0 Å². The van der Waals surface area contributed by atoms with Crippen molar-refractivity contribution in [2.75, 3.05) is 52.9 Å². The number of azide groups is 1. The van der Waals surface area contributed by atoms with E-state index in [4.69, 9.17) is 19.7 Å². The molecule has 0 fully saturated rings. The molecule has 0 aliphatic rings. The summed E-state index contributed by atoms with van der Waals surface area (Å²) in [4.78, 5) is 2.58. The van der Waals surface area contributed by atoms with Crippen LogP contribution in [0, 0.1) is 0 Å². The van der Waals surface area contributed by atoms with Gasteiger partial charge in [-0.05, 0) is 5.53 Å². The third kappa shape index (κ3) is 13.1. The van der Waals surface area contributed by atoms with Gasteiger partial charge >= 0.3 is 0 Å². The van der Waals surface area contributed by atoms with Crippen molar-refractivity contribution < 1.29 is 18.6 Å². The number of alkyl halides is 1. The van der Waals surface area contributed by atoms with E-state index in [1.807, 2.05) is 0 Å². The molecule has 0 atom stereocenters. The number of ether oxygens (including phenoxy) is 3. The maximum Gasteiger partial charge on any atom is 0.113 e. The Bertz CT molecular complexity index is 177. The van der Waals surface area contributed by atoms with E-state index in [-0.39, 0.29) is 6.61 Å². The molecule has 0 radical (unpaired) electrons. The predicted octanol–water partition coefficient (Wildman–Crippen LogP) is 1.32. The number of hydrogen-bond acceptors (Lipinski definition) is 4. The fourth-order valence-electron chi connectivity index (χ4n) is 0.747. The van der Waals surface area contributed by atoms with Crippen molar-refractivity contribution in [2.45, 2.75) is 0 Å². The zero-order chi connectivity index (χ0) is 11.2. The van der Waals surface area contributed by atoms with Crippen LogP contribution in [0.1, 0.15) is 0 Å². The second kappa shape index (κ2) is 13.1. The molecule has 0 aromatic heterocycles. The first kappa shape index (κ1) is 14.1. The molecule has 0 aromatic rings. The molecule has 0 saturated heterocycles. The first-order chi connectivity index (χ1) is 7.41. The minimum atomic E-state index is -0.470. The lowest BCUT2D eigenvalue weighted by Gasteiger charge is -2.04. The Morgan fingerprint density at radius 3 is 2.00 bits per heavy atom. The number of nitrogens with zero attached hydrogens (tertiary/aromatic N) is 3. The van der Waals surface area contributed by atoms with Gasteiger partial charge in [0.15, 0.2) is 0 Å². The normalized spacial score (nSPS) is 9.93. The van der Waals surface area contributed by atoms with Gasteiger partial charge < -0.3 is 14.2 Å². The molecule has 0 spiro atoms. The highest BCUT2D eigenvalue weighted by Crippen LogP contribution is 1.82. The van der Waals surface area contributed by atoms with Crippen molar-refractivity contribution >= 4 is 0 Å². The van der Waals surface area contributed by atoms with E-state index in [1.54, 1.807) is 0 Å². The van der Waals surface area contributed by atoms with Gasteiger partial charge in [0.1, 0.15) is 6.67 Å². The van der Waals surface area contributed by atoms with Crippen LogP contribution < -0.4 is 0 Å². The minimum absolute atomic E-state index is 0.117. The molecular weight excluding hydrogens is 205 g/mol. The van der Waals surface area contributed by atoms with Crippen LogP contribution in [-0.4, -0.2) is 52.9 Å². The summed E-state index contributed by atoms with van der Waals surface area (Å²) in [7, 11) is 0. The summed E-state index contributed by atoms with van der Waals surface area (Å²) < 4.78 is 26.6. The van der Waals surface area contributed by atoms with Gasteiger partial charge in [-0.2, -0.15) is 0 Å². The highest BCUT2D eigenvalue weighted by Gasteiger charge is 1.90. The lowest BCUT2D eigenvalue weighted by atomic mass is 10.7. The zero-order valence-electron chi connectivity index (χ0n) is 8.60. The van der Waals surface area contributed by atoms with E-state index in [9.17, 15) is 4.39 Å². The first-order valence-electron chi connectivity index (χ1n) is 4.72. The van der Waals surface area contributed by atoms with E-state index in [0.717, 1.165) is 0 Å². The topological polar surface area (TPSA) is 76.5 Å².